The first-order chi connectivity index (χ1) is 45.2. The standard InChI is InChI=1S/C21H24INO.2C12H16N2O2.C8H8BrNO2.C8H6ClIO.C8H9NO2.C4H9N/c1-15-5-7-18(13-20(15)22)21(24)12-17-6-8-19(16(2)11-17)14-23-9-3-4-10-23;2*1-10-8-12(14(15)16)5-4-11(10)9-13-6-2-3-7-13;1-6-4-8(10(11)12)3-2-7(6)5-9;1-5-2-3-6(8(9)11)4-7(5)10;1-6-3-4-8(9(10)11)5-7(6)2;1-2-4-5-3-1/h5-8,11,13H,3-4,9-10,12,14H2,1-2H3;2*4-5,8H,2-3,6-7,9H2,1H3;2-4H,5H2,1H3;2-4H,1H3;3-5H,1-2H3;5H,1-4H2. The van der Waals surface area contributed by atoms with E-state index in [4.69, 9.17) is 11.6 Å². The van der Waals surface area contributed by atoms with E-state index in [1.54, 1.807) is 60.7 Å². The molecule has 4 fully saturated rings. The number of likely N-dealkylation sites (tertiary alicyclic amines) is 3. The summed E-state index contributed by atoms with van der Waals surface area (Å²) < 4.78 is 2.21. The van der Waals surface area contributed by atoms with Crippen molar-refractivity contribution in [1.29, 1.82) is 0 Å². The van der Waals surface area contributed by atoms with Crippen molar-refractivity contribution in [2.75, 3.05) is 52.4 Å². The molecule has 0 unspecified atom stereocenters. The summed E-state index contributed by atoms with van der Waals surface area (Å²) in [4.78, 5) is 70.9. The number of hydrogen-bond donors (Lipinski definition) is 1. The zero-order valence-corrected chi connectivity index (χ0v) is 62.4. The van der Waals surface area contributed by atoms with Crippen LogP contribution >= 0.6 is 72.7 Å². The molecule has 0 bridgehead atoms. The number of aryl methyl sites for hydroxylation is 8. The van der Waals surface area contributed by atoms with E-state index in [-0.39, 0.29) is 48.2 Å². The predicted octanol–water partition coefficient (Wildman–Crippen LogP) is 18.3. The van der Waals surface area contributed by atoms with Crippen LogP contribution in [0.5, 0.6) is 0 Å². The minimum absolute atomic E-state index is 0.150. The van der Waals surface area contributed by atoms with Gasteiger partial charge in [0.2, 0.25) is 0 Å². The molecular formula is C73H88BrClI2N8O10. The van der Waals surface area contributed by atoms with E-state index in [0.717, 1.165) is 108 Å². The Morgan fingerprint density at radius 2 is 0.747 bits per heavy atom. The molecule has 4 aliphatic heterocycles. The number of carbonyl (C=O) groups excluding carboxylic acids is 2. The Morgan fingerprint density at radius 3 is 1.06 bits per heavy atom. The van der Waals surface area contributed by atoms with Crippen molar-refractivity contribution in [1.82, 2.24) is 20.0 Å². The maximum atomic E-state index is 12.5. The monoisotopic (exact) mass is 1600 g/mol. The van der Waals surface area contributed by atoms with Gasteiger partial charge in [-0.1, -0.05) is 76.6 Å². The van der Waals surface area contributed by atoms with Crippen molar-refractivity contribution in [2.24, 2.45) is 0 Å². The van der Waals surface area contributed by atoms with E-state index in [1.165, 1.54) is 117 Å². The first-order valence-corrected chi connectivity index (χ1v) is 35.6. The summed E-state index contributed by atoms with van der Waals surface area (Å²) in [5.41, 5.74) is 16.7. The molecule has 11 rings (SSSR count). The van der Waals surface area contributed by atoms with Gasteiger partial charge >= 0.3 is 0 Å². The van der Waals surface area contributed by atoms with Crippen molar-refractivity contribution >= 4 is 106 Å². The van der Waals surface area contributed by atoms with Crippen LogP contribution in [0.15, 0.2) is 127 Å². The number of halogens is 4. The third-order valence-electron chi connectivity index (χ3n) is 16.9. The number of carbonyl (C=O) groups is 2. The SMILES string of the molecule is C1CCNC1.Cc1cc([N+](=O)[O-])ccc1CBr.Cc1cc([N+](=O)[O-])ccc1CN1CCCC1.Cc1cc([N+](=O)[O-])ccc1CN1CCCC1.Cc1ccc(C(=O)Cc2ccc(CN3CCCC3)c(C)c2)cc1I.Cc1ccc(C(=O)Cl)cc1I.Cc1ccc([N+](=O)[O-])cc1C. The number of alkyl halides is 1. The highest BCUT2D eigenvalue weighted by Gasteiger charge is 2.18. The van der Waals surface area contributed by atoms with E-state index in [1.807, 2.05) is 77.9 Å². The van der Waals surface area contributed by atoms with Crippen LogP contribution in [0.2, 0.25) is 0 Å². The van der Waals surface area contributed by atoms with Crippen molar-refractivity contribution in [3.63, 3.8) is 0 Å². The Morgan fingerprint density at radius 1 is 0.421 bits per heavy atom. The molecule has 22 heteroatoms. The predicted molar refractivity (Wildman–Crippen MR) is 402 cm³/mol. The zero-order chi connectivity index (χ0) is 69.7. The summed E-state index contributed by atoms with van der Waals surface area (Å²) in [7, 11) is 0. The molecule has 0 spiro atoms. The van der Waals surface area contributed by atoms with E-state index in [0.29, 0.717) is 12.0 Å². The molecule has 0 radical (unpaired) electrons. The summed E-state index contributed by atoms with van der Waals surface area (Å²) >= 11 is 13.0. The van der Waals surface area contributed by atoms with Crippen LogP contribution in [0, 0.1) is 103 Å². The number of nitro groups is 4. The van der Waals surface area contributed by atoms with Crippen LogP contribution in [0.1, 0.15) is 144 Å². The van der Waals surface area contributed by atoms with Gasteiger partial charge in [-0.2, -0.15) is 0 Å². The van der Waals surface area contributed by atoms with Crippen molar-refractivity contribution in [3.8, 4) is 0 Å². The molecule has 4 saturated heterocycles. The lowest BCUT2D eigenvalue weighted by molar-refractivity contribution is -0.385. The van der Waals surface area contributed by atoms with Gasteiger partial charge in [0.15, 0.2) is 5.78 Å². The fraction of sp³-hybridized carbons (Fsp3) is 0.397. The Bertz CT molecular complexity index is 3600. The number of Topliss-reactive ketones (excluding diaryl/α,β-unsaturated/α-hetero) is 1. The number of nitrogens with one attached hydrogen (secondary N) is 1. The Balaban J connectivity index is 0.000000208. The minimum atomic E-state index is -0.400. The van der Waals surface area contributed by atoms with Crippen molar-refractivity contribution in [3.05, 3.63) is 258 Å². The van der Waals surface area contributed by atoms with Crippen LogP contribution in [-0.2, 0) is 31.4 Å². The topological polar surface area (TPSA) is 228 Å². The van der Waals surface area contributed by atoms with Gasteiger partial charge in [-0.3, -0.25) is 64.7 Å². The molecule has 0 aliphatic carbocycles. The van der Waals surface area contributed by atoms with Crippen LogP contribution in [0.25, 0.3) is 0 Å². The molecule has 4 aliphatic rings. The summed E-state index contributed by atoms with van der Waals surface area (Å²) in [6.07, 6.45) is 11.0. The number of nitro benzene ring substituents is 4. The normalized spacial score (nSPS) is 14.1. The van der Waals surface area contributed by atoms with Gasteiger partial charge in [0.05, 0.1) is 19.7 Å². The quantitative estimate of drug-likeness (QED) is 0.0251. The Hall–Kier alpha value is -6.45. The third kappa shape index (κ3) is 27.5. The van der Waals surface area contributed by atoms with Gasteiger partial charge in [-0.15, -0.1) is 0 Å². The van der Waals surface area contributed by atoms with Gasteiger partial charge in [0.1, 0.15) is 0 Å². The number of benzene rings is 7. The number of hydrogen-bond acceptors (Lipinski definition) is 14. The van der Waals surface area contributed by atoms with Crippen molar-refractivity contribution < 1.29 is 29.3 Å². The lowest BCUT2D eigenvalue weighted by Crippen LogP contribution is -2.19. The van der Waals surface area contributed by atoms with E-state index in [9.17, 15) is 50.0 Å². The molecule has 7 aromatic carbocycles. The highest BCUT2D eigenvalue weighted by atomic mass is 127. The molecule has 1 N–H and O–H groups in total. The van der Waals surface area contributed by atoms with Crippen LogP contribution in [0.4, 0.5) is 22.7 Å². The van der Waals surface area contributed by atoms with E-state index < -0.39 is 5.24 Å². The Kier molecular flexibility index (Phi) is 34.2. The largest absolute Gasteiger partial charge is 0.317 e. The molecule has 508 valence electrons. The lowest BCUT2D eigenvalue weighted by atomic mass is 9.98. The number of nitrogens with zero attached hydrogens (tertiary/aromatic N) is 7. The van der Waals surface area contributed by atoms with Gasteiger partial charge in [0, 0.05) is 98.2 Å². The highest BCUT2D eigenvalue weighted by Crippen LogP contribution is 2.25. The zero-order valence-electron chi connectivity index (χ0n) is 55.7. The summed E-state index contributed by atoms with van der Waals surface area (Å²) in [5, 5.41) is 45.4. The first kappa shape index (κ1) is 79.2. The molecule has 0 atom stereocenters. The fourth-order valence-electron chi connectivity index (χ4n) is 10.7. The average molecular weight is 1610 g/mol. The van der Waals surface area contributed by atoms with Gasteiger partial charge in [-0.25, -0.2) is 0 Å². The third-order valence-corrected chi connectivity index (χ3v) is 20.0. The molecule has 0 amide bonds. The molecule has 0 saturated carbocycles. The number of ketones is 1. The molecular weight excluding hydrogens is 1520 g/mol. The molecule has 0 aromatic heterocycles. The van der Waals surface area contributed by atoms with Crippen molar-refractivity contribution in [2.45, 2.75) is 138 Å². The maximum Gasteiger partial charge on any atom is 0.269 e. The molecule has 18 nitrogen and oxygen atoms in total. The smallest absolute Gasteiger partial charge is 0.269 e. The highest BCUT2D eigenvalue weighted by molar-refractivity contribution is 14.1. The van der Waals surface area contributed by atoms with E-state index in [2.05, 4.69) is 113 Å². The lowest BCUT2D eigenvalue weighted by Gasteiger charge is -2.17. The number of rotatable bonds is 15. The summed E-state index contributed by atoms with van der Waals surface area (Å²) in [6.45, 7) is 28.2. The van der Waals surface area contributed by atoms with Gasteiger partial charge in [-0.05, 0) is 306 Å². The summed E-state index contributed by atoms with van der Waals surface area (Å²) in [5.74, 6) is 0.194. The van der Waals surface area contributed by atoms with Crippen LogP contribution in [0.3, 0.4) is 0 Å². The molecule has 4 heterocycles. The minimum Gasteiger partial charge on any atom is -0.317 e. The van der Waals surface area contributed by atoms with Crippen LogP contribution in [-0.4, -0.2) is 97.8 Å². The number of non-ortho nitro benzene ring substituents is 4. The second kappa shape index (κ2) is 41.0. The molecule has 7 aromatic rings. The maximum absolute atomic E-state index is 12.5. The van der Waals surface area contributed by atoms with Gasteiger partial charge < -0.3 is 5.32 Å². The first-order valence-electron chi connectivity index (χ1n) is 31.9. The second-order valence-corrected chi connectivity index (χ2v) is 27.5. The average Bonchev–Trinajstić information content (AvgIpc) is 2.08. The Labute approximate surface area is 600 Å². The summed E-state index contributed by atoms with van der Waals surface area (Å²) in [6, 6.07) is 37.8. The van der Waals surface area contributed by atoms with Crippen LogP contribution < -0.4 is 5.32 Å². The second-order valence-electron chi connectivity index (χ2n) is 24.2. The fourth-order valence-corrected chi connectivity index (χ4v) is 12.5. The van der Waals surface area contributed by atoms with E-state index >= 15 is 0 Å². The van der Waals surface area contributed by atoms with Gasteiger partial charge in [0.25, 0.3) is 28.0 Å². The molecule has 95 heavy (non-hydrogen) atoms.